The number of benzene rings is 2. The van der Waals surface area contributed by atoms with Crippen LogP contribution in [0.2, 0.25) is 10.2 Å². The standard InChI is InChI=1S/C20H11Cl2F4N3O3/c21-13-4-2-1-3-11(13)18(30)29-19(31)27-10-5-7-15(14(23)9-10)32-16-8-6-12(17(22)28-16)20(24,25)26/h1-9H,(H2,27,29,30,31). The van der Waals surface area contributed by atoms with Crippen molar-refractivity contribution < 1.29 is 31.9 Å². The van der Waals surface area contributed by atoms with Gasteiger partial charge in [-0.1, -0.05) is 35.3 Å². The van der Waals surface area contributed by atoms with E-state index < -0.39 is 34.6 Å². The van der Waals surface area contributed by atoms with E-state index in [-0.39, 0.29) is 27.9 Å². The van der Waals surface area contributed by atoms with Crippen LogP contribution in [-0.4, -0.2) is 16.9 Å². The number of ether oxygens (including phenoxy) is 1. The van der Waals surface area contributed by atoms with Gasteiger partial charge in [0.1, 0.15) is 5.15 Å². The van der Waals surface area contributed by atoms with E-state index >= 15 is 0 Å². The van der Waals surface area contributed by atoms with Gasteiger partial charge >= 0.3 is 12.2 Å². The van der Waals surface area contributed by atoms with E-state index in [0.29, 0.717) is 6.07 Å². The van der Waals surface area contributed by atoms with E-state index in [1.165, 1.54) is 18.2 Å². The predicted molar refractivity (Wildman–Crippen MR) is 109 cm³/mol. The normalized spacial score (nSPS) is 11.1. The molecule has 0 aliphatic carbocycles. The molecular formula is C20H11Cl2F4N3O3. The summed E-state index contributed by atoms with van der Waals surface area (Å²) in [5, 5.41) is 3.58. The Labute approximate surface area is 188 Å². The zero-order valence-electron chi connectivity index (χ0n) is 15.6. The number of carbonyl (C=O) groups is 2. The molecule has 0 radical (unpaired) electrons. The summed E-state index contributed by atoms with van der Waals surface area (Å²) in [6.07, 6.45) is -4.70. The molecule has 166 valence electrons. The van der Waals surface area contributed by atoms with Gasteiger partial charge in [0.25, 0.3) is 5.91 Å². The summed E-state index contributed by atoms with van der Waals surface area (Å²) in [5.41, 5.74) is -1.12. The van der Waals surface area contributed by atoms with Crippen LogP contribution in [0.1, 0.15) is 15.9 Å². The van der Waals surface area contributed by atoms with Crippen LogP contribution in [0.15, 0.2) is 54.6 Å². The van der Waals surface area contributed by atoms with Crippen molar-refractivity contribution in [1.82, 2.24) is 10.3 Å². The molecule has 0 atom stereocenters. The van der Waals surface area contributed by atoms with E-state index in [9.17, 15) is 27.2 Å². The van der Waals surface area contributed by atoms with Crippen molar-refractivity contribution in [3.05, 3.63) is 81.7 Å². The predicted octanol–water partition coefficient (Wildman–Crippen LogP) is 6.30. The average molecular weight is 488 g/mol. The van der Waals surface area contributed by atoms with Gasteiger partial charge in [-0.15, -0.1) is 0 Å². The van der Waals surface area contributed by atoms with Crippen LogP contribution in [0.5, 0.6) is 11.6 Å². The van der Waals surface area contributed by atoms with Crippen molar-refractivity contribution in [2.24, 2.45) is 0 Å². The summed E-state index contributed by atoms with van der Waals surface area (Å²) in [4.78, 5) is 27.5. The molecule has 0 aliphatic rings. The van der Waals surface area contributed by atoms with Crippen LogP contribution in [0.25, 0.3) is 0 Å². The van der Waals surface area contributed by atoms with Crippen LogP contribution in [-0.2, 0) is 6.18 Å². The number of amides is 3. The van der Waals surface area contributed by atoms with Crippen LogP contribution < -0.4 is 15.4 Å². The van der Waals surface area contributed by atoms with Crippen molar-refractivity contribution >= 4 is 40.8 Å². The molecule has 12 heteroatoms. The lowest BCUT2D eigenvalue weighted by atomic mass is 10.2. The summed E-state index contributed by atoms with van der Waals surface area (Å²) in [5.74, 6) is -2.48. The van der Waals surface area contributed by atoms with E-state index in [2.05, 4.69) is 10.3 Å². The minimum atomic E-state index is -4.70. The number of alkyl halides is 3. The molecule has 0 saturated carbocycles. The largest absolute Gasteiger partial charge is 0.436 e. The van der Waals surface area contributed by atoms with Crippen molar-refractivity contribution in [2.75, 3.05) is 5.32 Å². The summed E-state index contributed by atoms with van der Waals surface area (Å²) in [6, 6.07) is 9.87. The Kier molecular flexibility index (Phi) is 6.85. The van der Waals surface area contributed by atoms with Gasteiger partial charge < -0.3 is 10.1 Å². The third-order valence-corrected chi connectivity index (χ3v) is 4.50. The number of pyridine rings is 1. The van der Waals surface area contributed by atoms with E-state index in [1.54, 1.807) is 12.1 Å². The van der Waals surface area contributed by atoms with Crippen LogP contribution >= 0.6 is 23.2 Å². The van der Waals surface area contributed by atoms with Crippen molar-refractivity contribution in [1.29, 1.82) is 0 Å². The molecule has 0 aliphatic heterocycles. The number of halogens is 6. The van der Waals surface area contributed by atoms with Crippen molar-refractivity contribution in [3.63, 3.8) is 0 Å². The minimum Gasteiger partial charge on any atom is -0.436 e. The number of nitrogens with zero attached hydrogens (tertiary/aromatic N) is 1. The molecule has 0 saturated heterocycles. The van der Waals surface area contributed by atoms with Gasteiger partial charge in [-0.2, -0.15) is 13.2 Å². The second-order valence-electron chi connectivity index (χ2n) is 6.12. The van der Waals surface area contributed by atoms with Gasteiger partial charge in [-0.25, -0.2) is 14.2 Å². The smallest absolute Gasteiger partial charge is 0.419 e. The molecule has 1 aromatic heterocycles. The number of hydrogen-bond donors (Lipinski definition) is 2. The maximum atomic E-state index is 14.3. The maximum Gasteiger partial charge on any atom is 0.419 e. The number of hydrogen-bond acceptors (Lipinski definition) is 4. The zero-order chi connectivity index (χ0) is 23.5. The van der Waals surface area contributed by atoms with E-state index in [1.807, 2.05) is 5.32 Å². The fourth-order valence-corrected chi connectivity index (χ4v) is 2.91. The van der Waals surface area contributed by atoms with Gasteiger partial charge in [0.2, 0.25) is 5.88 Å². The monoisotopic (exact) mass is 487 g/mol. The number of anilines is 1. The highest BCUT2D eigenvalue weighted by molar-refractivity contribution is 6.34. The highest BCUT2D eigenvalue weighted by Gasteiger charge is 2.34. The average Bonchev–Trinajstić information content (AvgIpc) is 2.69. The minimum absolute atomic E-state index is 0.0299. The molecule has 0 fully saturated rings. The molecule has 2 N–H and O–H groups in total. The topological polar surface area (TPSA) is 80.3 Å². The molecule has 0 spiro atoms. The summed E-state index contributed by atoms with van der Waals surface area (Å²) < 4.78 is 57.6. The summed E-state index contributed by atoms with van der Waals surface area (Å²) in [7, 11) is 0. The number of rotatable bonds is 4. The first-order chi connectivity index (χ1) is 15.0. The fraction of sp³-hybridized carbons (Fsp3) is 0.0500. The Morgan fingerprint density at radius 1 is 1.00 bits per heavy atom. The SMILES string of the molecule is O=C(NC(=O)c1ccccc1Cl)Nc1ccc(Oc2ccc(C(F)(F)F)c(Cl)n2)c(F)c1. The lowest BCUT2D eigenvalue weighted by Gasteiger charge is -2.11. The highest BCUT2D eigenvalue weighted by atomic mass is 35.5. The van der Waals surface area contributed by atoms with Crippen LogP contribution in [0, 0.1) is 5.82 Å². The first kappa shape index (κ1) is 23.3. The zero-order valence-corrected chi connectivity index (χ0v) is 17.1. The number of aromatic nitrogens is 1. The quantitative estimate of drug-likeness (QED) is 0.334. The molecule has 1 heterocycles. The lowest BCUT2D eigenvalue weighted by Crippen LogP contribution is -2.34. The highest BCUT2D eigenvalue weighted by Crippen LogP contribution is 2.35. The van der Waals surface area contributed by atoms with Crippen LogP contribution in [0.4, 0.5) is 28.0 Å². The number of carbonyl (C=O) groups excluding carboxylic acids is 2. The summed E-state index contributed by atoms with van der Waals surface area (Å²) in [6.45, 7) is 0. The van der Waals surface area contributed by atoms with Gasteiger partial charge in [0.05, 0.1) is 16.1 Å². The number of urea groups is 1. The molecule has 6 nitrogen and oxygen atoms in total. The molecule has 0 unspecified atom stereocenters. The van der Waals surface area contributed by atoms with Gasteiger partial charge in [0, 0.05) is 17.8 Å². The van der Waals surface area contributed by atoms with Crippen molar-refractivity contribution in [2.45, 2.75) is 6.18 Å². The Morgan fingerprint density at radius 2 is 1.72 bits per heavy atom. The number of nitrogens with one attached hydrogen (secondary N) is 2. The fourth-order valence-electron chi connectivity index (χ4n) is 2.44. The Hall–Kier alpha value is -3.37. The van der Waals surface area contributed by atoms with Gasteiger partial charge in [-0.3, -0.25) is 10.1 Å². The van der Waals surface area contributed by atoms with E-state index in [0.717, 1.165) is 18.2 Å². The molecule has 2 aromatic carbocycles. The van der Waals surface area contributed by atoms with E-state index in [4.69, 9.17) is 27.9 Å². The maximum absolute atomic E-state index is 14.3. The van der Waals surface area contributed by atoms with Gasteiger partial charge in [-0.05, 0) is 30.3 Å². The number of imide groups is 1. The Morgan fingerprint density at radius 3 is 2.34 bits per heavy atom. The summed E-state index contributed by atoms with van der Waals surface area (Å²) >= 11 is 11.4. The second kappa shape index (κ2) is 9.41. The molecule has 3 rings (SSSR count). The third kappa shape index (κ3) is 5.65. The third-order valence-electron chi connectivity index (χ3n) is 3.88. The van der Waals surface area contributed by atoms with Crippen LogP contribution in [0.3, 0.4) is 0 Å². The lowest BCUT2D eigenvalue weighted by molar-refractivity contribution is -0.137. The Balaban J connectivity index is 1.66. The molecule has 0 bridgehead atoms. The molecule has 3 aromatic rings. The molecular weight excluding hydrogens is 477 g/mol. The second-order valence-corrected chi connectivity index (χ2v) is 6.89. The van der Waals surface area contributed by atoms with Gasteiger partial charge in [0.15, 0.2) is 11.6 Å². The molecule has 3 amide bonds. The first-order valence-electron chi connectivity index (χ1n) is 8.62. The molecule has 32 heavy (non-hydrogen) atoms. The Bertz CT molecular complexity index is 1190. The van der Waals surface area contributed by atoms with Crippen molar-refractivity contribution in [3.8, 4) is 11.6 Å². The first-order valence-corrected chi connectivity index (χ1v) is 9.38.